The van der Waals surface area contributed by atoms with E-state index in [0.29, 0.717) is 11.2 Å². The van der Waals surface area contributed by atoms with Crippen LogP contribution >= 0.6 is 63.7 Å². The van der Waals surface area contributed by atoms with Crippen molar-refractivity contribution in [3.63, 3.8) is 0 Å². The first-order valence-electron chi connectivity index (χ1n) is 7.63. The third kappa shape index (κ3) is 9.68. The summed E-state index contributed by atoms with van der Waals surface area (Å²) >= 11 is 13.6. The van der Waals surface area contributed by atoms with Crippen LogP contribution < -0.4 is 108 Å². The fraction of sp³-hybridized carbons (Fsp3) is 0.0588. The maximum Gasteiger partial charge on any atom is 1.00 e. The molecule has 31 heavy (non-hydrogen) atoms. The van der Waals surface area contributed by atoms with Gasteiger partial charge in [0.15, 0.2) is 6.29 Å². The first-order chi connectivity index (χ1) is 13.9. The van der Waals surface area contributed by atoms with Crippen molar-refractivity contribution in [2.24, 2.45) is 0 Å². The van der Waals surface area contributed by atoms with Gasteiger partial charge < -0.3 is 16.0 Å². The third-order valence-corrected chi connectivity index (χ3v) is 5.36. The largest absolute Gasteiger partial charge is 1.00 e. The van der Waals surface area contributed by atoms with E-state index in [1.54, 1.807) is 16.7 Å². The Kier molecular flexibility index (Phi) is 18.1. The molecule has 0 aliphatic carbocycles. The molecule has 154 valence electrons. The number of halogens is 4. The number of aromatic nitrogens is 4. The van der Waals surface area contributed by atoms with E-state index in [1.807, 2.05) is 41.2 Å². The number of hydrogen-bond acceptors (Lipinski definition) is 6. The number of aldehydes is 1. The van der Waals surface area contributed by atoms with Crippen molar-refractivity contribution >= 4 is 87.8 Å². The van der Waals surface area contributed by atoms with E-state index < -0.39 is 0 Å². The van der Waals surface area contributed by atoms with E-state index in [9.17, 15) is 4.79 Å². The van der Waals surface area contributed by atoms with Crippen LogP contribution in [0.25, 0.3) is 11.3 Å². The molecule has 0 N–H and O–H groups in total. The van der Waals surface area contributed by atoms with Gasteiger partial charge in [0.2, 0.25) is 0 Å². The Morgan fingerprint density at radius 1 is 1.10 bits per heavy atom. The summed E-state index contributed by atoms with van der Waals surface area (Å²) in [6.45, 7) is -0.181. The van der Waals surface area contributed by atoms with E-state index in [1.165, 1.54) is 0 Å². The molecule has 0 saturated heterocycles. The summed E-state index contributed by atoms with van der Waals surface area (Å²) in [6.07, 6.45) is 8.22. The fourth-order valence-corrected chi connectivity index (χ4v) is 3.76. The topological polar surface area (TPSA) is 101 Å². The van der Waals surface area contributed by atoms with Gasteiger partial charge in [-0.3, -0.25) is 14.0 Å². The third-order valence-electron chi connectivity index (χ3n) is 3.41. The molecule has 0 atom stereocenters. The molecule has 4 rings (SSSR count). The van der Waals surface area contributed by atoms with Gasteiger partial charge in [-0.2, -0.15) is 0 Å². The number of alkyl halides is 2. The van der Waals surface area contributed by atoms with E-state index in [4.69, 9.17) is 10.1 Å². The Morgan fingerprint density at radius 2 is 1.74 bits per heavy atom. The second kappa shape index (κ2) is 17.2. The summed E-state index contributed by atoms with van der Waals surface area (Å²) < 4.78 is 5.62. The molecule has 0 aliphatic heterocycles. The van der Waals surface area contributed by atoms with Crippen LogP contribution in [0.2, 0.25) is 0 Å². The van der Waals surface area contributed by atoms with Crippen LogP contribution in [0.5, 0.6) is 0 Å². The first kappa shape index (κ1) is 32.7. The average Bonchev–Trinajstić information content (AvgIpc) is 3.30. The normalized spacial score (nSPS) is 9.48. The molecule has 0 radical (unpaired) electrons. The van der Waals surface area contributed by atoms with Gasteiger partial charge in [-0.05, 0) is 50.1 Å². The quantitative estimate of drug-likeness (QED) is 0.0824. The zero-order valence-electron chi connectivity index (χ0n) is 17.3. The molecule has 8 nitrogen and oxygen atoms in total. The molecule has 0 spiro atoms. The molecule has 0 amide bonds. The minimum atomic E-state index is -0.181. The number of rotatable bonds is 3. The van der Waals surface area contributed by atoms with Crippen molar-refractivity contribution in [3.8, 4) is 0 Å². The molecule has 0 saturated carbocycles. The molecule has 4 aromatic heterocycles. The summed E-state index contributed by atoms with van der Waals surface area (Å²) in [5.74, 6) is 0. The van der Waals surface area contributed by atoms with Crippen LogP contribution in [0, 0.1) is 0 Å². The second-order valence-corrected chi connectivity index (χ2v) is 9.79. The SMILES string of the molecule is Brc1cnc2c(C(Br)Br)cccn12.O=CO[O-].O=Cc1cccn2cc(Br)nc12.[H-].[K+].[K+]. The number of pyridine rings is 2. The van der Waals surface area contributed by atoms with E-state index in [2.05, 4.69) is 78.6 Å². The molecule has 0 unspecified atom stereocenters. The zero-order valence-corrected chi connectivity index (χ0v) is 28.9. The summed E-state index contributed by atoms with van der Waals surface area (Å²) in [6, 6.07) is 7.57. The second-order valence-electron chi connectivity index (χ2n) is 5.11. The summed E-state index contributed by atoms with van der Waals surface area (Å²) in [5, 5.41) is 8.43. The van der Waals surface area contributed by atoms with Gasteiger partial charge in [0.25, 0.3) is 6.47 Å². The standard InChI is InChI=1S/C8H5Br3N2.C8H5BrN2O.CH2O3.2K.H/c9-6-4-12-8-5(7(10)11)2-1-3-13(6)8;9-7-4-11-3-1-2-6(5-12)8(11)10-7;2-1-4-3;;;/h1-4,7H;1-5H;1,3H;;;/q;;;2*+1;-1/p-1. The summed E-state index contributed by atoms with van der Waals surface area (Å²) in [4.78, 5) is 30.2. The van der Waals surface area contributed by atoms with Crippen molar-refractivity contribution in [1.29, 1.82) is 0 Å². The molecule has 4 heterocycles. The van der Waals surface area contributed by atoms with Gasteiger partial charge in [-0.1, -0.05) is 37.9 Å². The minimum absolute atomic E-state index is 0. The van der Waals surface area contributed by atoms with Crippen LogP contribution in [0.1, 0.15) is 21.1 Å². The molecular formula is C17H12Br4K2N4O4. The molecule has 0 aromatic carbocycles. The smallest absolute Gasteiger partial charge is 1.00 e. The van der Waals surface area contributed by atoms with Gasteiger partial charge in [-0.25, -0.2) is 9.97 Å². The number of fused-ring (bicyclic) bond motifs is 2. The summed E-state index contributed by atoms with van der Waals surface area (Å²) in [5.41, 5.74) is 3.35. The van der Waals surface area contributed by atoms with E-state index >= 15 is 0 Å². The van der Waals surface area contributed by atoms with Crippen LogP contribution in [0.15, 0.2) is 58.3 Å². The Balaban J connectivity index is 0. The molecule has 4 aromatic rings. The van der Waals surface area contributed by atoms with Crippen LogP contribution in [-0.2, 0) is 9.68 Å². The van der Waals surface area contributed by atoms with Crippen molar-refractivity contribution in [2.45, 2.75) is 3.74 Å². The van der Waals surface area contributed by atoms with E-state index in [-0.39, 0.29) is 114 Å². The van der Waals surface area contributed by atoms with Gasteiger partial charge in [0, 0.05) is 24.2 Å². The number of carbonyl (C=O) groups excluding carboxylic acids is 2. The minimum Gasteiger partial charge on any atom is -1.00 e. The van der Waals surface area contributed by atoms with Crippen molar-refractivity contribution < 1.29 is 124 Å². The van der Waals surface area contributed by atoms with Crippen LogP contribution in [-0.4, -0.2) is 31.5 Å². The number of imidazole rings is 2. The maximum atomic E-state index is 10.6. The van der Waals surface area contributed by atoms with Gasteiger partial charge in [0.05, 0.1) is 15.5 Å². The van der Waals surface area contributed by atoms with Crippen molar-refractivity contribution in [3.05, 3.63) is 69.4 Å². The predicted octanol–water partition coefficient (Wildman–Crippen LogP) is -1.65. The molecule has 0 fully saturated rings. The molecule has 0 aliphatic rings. The average molecular weight is 734 g/mol. The Morgan fingerprint density at radius 3 is 2.32 bits per heavy atom. The maximum absolute atomic E-state index is 10.6. The summed E-state index contributed by atoms with van der Waals surface area (Å²) in [7, 11) is 0. The Bertz CT molecular complexity index is 1130. The number of carbonyl (C=O) groups is 2. The van der Waals surface area contributed by atoms with Gasteiger partial charge in [0.1, 0.15) is 20.5 Å². The zero-order chi connectivity index (χ0) is 21.4. The van der Waals surface area contributed by atoms with Crippen molar-refractivity contribution in [2.75, 3.05) is 0 Å². The molecule has 0 bridgehead atoms. The predicted molar refractivity (Wildman–Crippen MR) is 120 cm³/mol. The first-order valence-corrected chi connectivity index (χ1v) is 11.0. The Labute approximate surface area is 297 Å². The van der Waals surface area contributed by atoms with E-state index in [0.717, 1.165) is 26.7 Å². The fourth-order valence-electron chi connectivity index (χ4n) is 2.27. The Hall–Kier alpha value is 1.67. The monoisotopic (exact) mass is 730 g/mol. The molecule has 14 heteroatoms. The van der Waals surface area contributed by atoms with Gasteiger partial charge >= 0.3 is 103 Å². The van der Waals surface area contributed by atoms with Gasteiger partial charge in [-0.15, -0.1) is 0 Å². The van der Waals surface area contributed by atoms with Crippen LogP contribution in [0.3, 0.4) is 0 Å². The van der Waals surface area contributed by atoms with Crippen LogP contribution in [0.4, 0.5) is 0 Å². The number of hydrogen-bond donors (Lipinski definition) is 0. The van der Waals surface area contributed by atoms with Crippen molar-refractivity contribution in [1.82, 2.24) is 18.8 Å². The molecular weight excluding hydrogens is 722 g/mol. The number of nitrogens with zero attached hydrogens (tertiary/aromatic N) is 4.